The predicted octanol–water partition coefficient (Wildman–Crippen LogP) is 3.39. The number of ketones is 2. The van der Waals surface area contributed by atoms with Gasteiger partial charge in [-0.15, -0.1) is 11.8 Å². The van der Waals surface area contributed by atoms with Crippen molar-refractivity contribution >= 4 is 23.3 Å². The van der Waals surface area contributed by atoms with Crippen LogP contribution in [0.15, 0.2) is 18.2 Å². The number of carbonyl (C=O) groups excluding carboxylic acids is 2. The molecule has 0 saturated carbocycles. The van der Waals surface area contributed by atoms with Crippen molar-refractivity contribution in [2.75, 3.05) is 5.75 Å². The molecule has 0 radical (unpaired) electrons. The molecule has 1 saturated heterocycles. The zero-order valence-electron chi connectivity index (χ0n) is 11.8. The van der Waals surface area contributed by atoms with E-state index in [0.29, 0.717) is 11.1 Å². The Hall–Kier alpha value is -1.13. The molecule has 2 atom stereocenters. The van der Waals surface area contributed by atoms with E-state index in [-0.39, 0.29) is 11.6 Å². The Morgan fingerprint density at radius 1 is 1.25 bits per heavy atom. The van der Waals surface area contributed by atoms with Gasteiger partial charge in [0.05, 0.1) is 0 Å². The van der Waals surface area contributed by atoms with Crippen LogP contribution >= 0.6 is 11.8 Å². The molecule has 106 valence electrons. The fraction of sp³-hybridized carbons (Fsp3) is 0.500. The molecule has 1 heterocycles. The van der Waals surface area contributed by atoms with Crippen LogP contribution in [0.2, 0.25) is 0 Å². The van der Waals surface area contributed by atoms with Crippen LogP contribution in [-0.2, 0) is 4.74 Å². The second kappa shape index (κ2) is 5.01. The summed E-state index contributed by atoms with van der Waals surface area (Å²) in [7, 11) is 0. The number of unbranched alkanes of at least 4 members (excludes halogenated alkanes) is 2. The van der Waals surface area contributed by atoms with E-state index in [9.17, 15) is 9.59 Å². The Morgan fingerprint density at radius 3 is 2.80 bits per heavy atom. The first-order valence-corrected chi connectivity index (χ1v) is 8.10. The van der Waals surface area contributed by atoms with Crippen LogP contribution in [0.5, 0.6) is 0 Å². The third-order valence-corrected chi connectivity index (χ3v) is 5.30. The van der Waals surface area contributed by atoms with Crippen LogP contribution in [0.1, 0.15) is 52.5 Å². The first-order valence-electron chi connectivity index (χ1n) is 7.11. The predicted molar refractivity (Wildman–Crippen MR) is 79.4 cm³/mol. The minimum absolute atomic E-state index is 0.0291. The molecule has 1 aromatic carbocycles. The van der Waals surface area contributed by atoms with E-state index in [1.54, 1.807) is 12.1 Å². The molecule has 0 N–H and O–H groups in total. The van der Waals surface area contributed by atoms with Crippen LogP contribution in [0.3, 0.4) is 0 Å². The van der Waals surface area contributed by atoms with E-state index >= 15 is 0 Å². The number of epoxide rings is 1. The van der Waals surface area contributed by atoms with Crippen LogP contribution in [-0.4, -0.2) is 28.4 Å². The highest BCUT2D eigenvalue weighted by Gasteiger charge is 2.69. The van der Waals surface area contributed by atoms with E-state index in [2.05, 4.69) is 6.92 Å². The maximum Gasteiger partial charge on any atom is 0.211 e. The summed E-state index contributed by atoms with van der Waals surface area (Å²) in [4.78, 5) is 24.1. The number of Topliss-reactive ketones (excluding diaryl/α,β-unsaturated/α-hetero) is 2. The third kappa shape index (κ3) is 2.02. The highest BCUT2D eigenvalue weighted by molar-refractivity contribution is 8.01. The van der Waals surface area contributed by atoms with Gasteiger partial charge in [0.15, 0.2) is 11.9 Å². The van der Waals surface area contributed by atoms with Crippen molar-refractivity contribution < 1.29 is 14.3 Å². The first kappa shape index (κ1) is 13.8. The monoisotopic (exact) mass is 290 g/mol. The van der Waals surface area contributed by atoms with E-state index in [1.807, 2.05) is 13.0 Å². The molecule has 2 aliphatic rings. The maximum atomic E-state index is 12.6. The molecular formula is C16H18O3S. The molecule has 4 heteroatoms. The smallest absolute Gasteiger partial charge is 0.211 e. The summed E-state index contributed by atoms with van der Waals surface area (Å²) in [6.07, 6.45) is 2.79. The van der Waals surface area contributed by atoms with Crippen LogP contribution in [0.4, 0.5) is 0 Å². The van der Waals surface area contributed by atoms with E-state index in [0.717, 1.165) is 30.6 Å². The van der Waals surface area contributed by atoms with Gasteiger partial charge in [-0.25, -0.2) is 0 Å². The second-order valence-corrected chi connectivity index (χ2v) is 6.77. The second-order valence-electron chi connectivity index (χ2n) is 5.46. The number of rotatable bonds is 5. The summed E-state index contributed by atoms with van der Waals surface area (Å²) in [6.45, 7) is 4.07. The molecule has 0 aromatic heterocycles. The van der Waals surface area contributed by atoms with E-state index in [1.165, 1.54) is 11.8 Å². The quantitative estimate of drug-likeness (QED) is 0.616. The SMILES string of the molecule is CCCCCSC12OC1C(=O)c1cc(C)ccc1C2=O. The summed E-state index contributed by atoms with van der Waals surface area (Å²) in [5.74, 6) is 0.801. The lowest BCUT2D eigenvalue weighted by molar-refractivity contribution is 0.0911. The number of carbonyl (C=O) groups is 2. The fourth-order valence-electron chi connectivity index (χ4n) is 2.68. The number of ether oxygens (including phenoxy) is 1. The minimum Gasteiger partial charge on any atom is -0.337 e. The molecule has 1 aliphatic heterocycles. The third-order valence-electron chi connectivity index (χ3n) is 3.89. The van der Waals surface area contributed by atoms with Gasteiger partial charge in [0.25, 0.3) is 0 Å². The Labute approximate surface area is 123 Å². The van der Waals surface area contributed by atoms with Crippen molar-refractivity contribution in [1.29, 1.82) is 0 Å². The van der Waals surface area contributed by atoms with E-state index < -0.39 is 11.0 Å². The molecule has 1 fully saturated rings. The van der Waals surface area contributed by atoms with Gasteiger partial charge >= 0.3 is 0 Å². The van der Waals surface area contributed by atoms with Crippen molar-refractivity contribution in [2.24, 2.45) is 0 Å². The molecular weight excluding hydrogens is 272 g/mol. The van der Waals surface area contributed by atoms with Gasteiger partial charge in [0.2, 0.25) is 10.7 Å². The average Bonchev–Trinajstić information content (AvgIpc) is 3.18. The number of fused-ring (bicyclic) bond motifs is 2. The average molecular weight is 290 g/mol. The molecule has 2 unspecified atom stereocenters. The Morgan fingerprint density at radius 2 is 2.05 bits per heavy atom. The van der Waals surface area contributed by atoms with Crippen molar-refractivity contribution in [1.82, 2.24) is 0 Å². The first-order chi connectivity index (χ1) is 9.60. The zero-order chi connectivity index (χ0) is 14.3. The maximum absolute atomic E-state index is 12.6. The van der Waals surface area contributed by atoms with Gasteiger partial charge in [-0.3, -0.25) is 9.59 Å². The van der Waals surface area contributed by atoms with Gasteiger partial charge in [-0.2, -0.15) is 0 Å². The molecule has 0 spiro atoms. The molecule has 0 bridgehead atoms. The summed E-state index contributed by atoms with van der Waals surface area (Å²) in [6, 6.07) is 5.43. The summed E-state index contributed by atoms with van der Waals surface area (Å²) in [5, 5.41) is 0. The van der Waals surface area contributed by atoms with Gasteiger partial charge in [0.1, 0.15) is 0 Å². The van der Waals surface area contributed by atoms with Gasteiger partial charge in [-0.1, -0.05) is 37.5 Å². The number of aryl methyl sites for hydroxylation is 1. The number of hydrogen-bond acceptors (Lipinski definition) is 4. The Kier molecular flexibility index (Phi) is 3.46. The van der Waals surface area contributed by atoms with Crippen molar-refractivity contribution in [3.63, 3.8) is 0 Å². The molecule has 3 rings (SSSR count). The number of thioether (sulfide) groups is 1. The topological polar surface area (TPSA) is 46.7 Å². The van der Waals surface area contributed by atoms with Crippen molar-refractivity contribution in [2.45, 2.75) is 44.1 Å². The van der Waals surface area contributed by atoms with Crippen molar-refractivity contribution in [3.8, 4) is 0 Å². The standard InChI is InChI=1S/C16H18O3S/c1-3-4-5-8-20-16-14(18)11-7-6-10(2)9-12(11)13(17)15(16)19-16/h6-7,9,15H,3-5,8H2,1-2H3. The largest absolute Gasteiger partial charge is 0.337 e. The molecule has 1 aromatic rings. The van der Waals surface area contributed by atoms with Gasteiger partial charge in [0, 0.05) is 11.1 Å². The fourth-order valence-corrected chi connectivity index (χ4v) is 4.00. The molecule has 1 aliphatic carbocycles. The summed E-state index contributed by atoms with van der Waals surface area (Å²) < 4.78 is 5.56. The highest BCUT2D eigenvalue weighted by Crippen LogP contribution is 2.53. The Balaban J connectivity index is 1.83. The van der Waals surface area contributed by atoms with Crippen LogP contribution < -0.4 is 0 Å². The van der Waals surface area contributed by atoms with Crippen molar-refractivity contribution in [3.05, 3.63) is 34.9 Å². The van der Waals surface area contributed by atoms with Crippen LogP contribution in [0.25, 0.3) is 0 Å². The Bertz CT molecular complexity index is 581. The molecule has 3 nitrogen and oxygen atoms in total. The van der Waals surface area contributed by atoms with E-state index in [4.69, 9.17) is 4.74 Å². The van der Waals surface area contributed by atoms with Crippen LogP contribution in [0, 0.1) is 6.92 Å². The number of benzene rings is 1. The lowest BCUT2D eigenvalue weighted by Gasteiger charge is -2.18. The minimum atomic E-state index is -0.910. The molecule has 20 heavy (non-hydrogen) atoms. The normalized spacial score (nSPS) is 27.2. The lowest BCUT2D eigenvalue weighted by Crippen LogP contribution is -2.34. The zero-order valence-corrected chi connectivity index (χ0v) is 12.6. The lowest BCUT2D eigenvalue weighted by atomic mass is 9.88. The van der Waals surface area contributed by atoms with Gasteiger partial charge in [-0.05, 0) is 25.2 Å². The summed E-state index contributed by atoms with van der Waals surface area (Å²) >= 11 is 1.50. The molecule has 0 amide bonds. The number of hydrogen-bond donors (Lipinski definition) is 0. The summed E-state index contributed by atoms with van der Waals surface area (Å²) in [5.41, 5.74) is 2.05. The highest BCUT2D eigenvalue weighted by atomic mass is 32.2. The van der Waals surface area contributed by atoms with Gasteiger partial charge < -0.3 is 4.74 Å².